The van der Waals surface area contributed by atoms with Crippen molar-refractivity contribution in [3.8, 4) is 0 Å². The Bertz CT molecular complexity index is 931. The van der Waals surface area contributed by atoms with Crippen LogP contribution in [0.3, 0.4) is 0 Å². The quantitative estimate of drug-likeness (QED) is 0.651. The molecular weight excluding hydrogens is 329 g/mol. The number of halogens is 2. The van der Waals surface area contributed by atoms with Crippen LogP contribution in [-0.2, 0) is 13.1 Å². The maximum atomic E-state index is 13.9. The third kappa shape index (κ3) is 3.50. The summed E-state index contributed by atoms with van der Waals surface area (Å²) in [5, 5.41) is 1.28. The summed E-state index contributed by atoms with van der Waals surface area (Å²) >= 11 is 6.08. The Morgan fingerprint density at radius 2 is 1.96 bits per heavy atom. The summed E-state index contributed by atoms with van der Waals surface area (Å²) in [7, 11) is 1.86. The van der Waals surface area contributed by atoms with E-state index in [4.69, 9.17) is 16.0 Å². The van der Waals surface area contributed by atoms with Gasteiger partial charge in [0.2, 0.25) is 0 Å². The molecule has 0 radical (unpaired) electrons. The van der Waals surface area contributed by atoms with Gasteiger partial charge in [0.25, 0.3) is 0 Å². The molecular formula is C19H17ClFNO2. The summed E-state index contributed by atoms with van der Waals surface area (Å²) in [5.41, 5.74) is 2.49. The first-order valence-corrected chi connectivity index (χ1v) is 7.96. The van der Waals surface area contributed by atoms with Crippen LogP contribution in [0.5, 0.6) is 0 Å². The molecule has 0 aliphatic carbocycles. The SMILES string of the molecule is Cc1ccc2c(CN(C)Cc3c(F)cccc3Cl)cc(=O)oc2c1. The van der Waals surface area contributed by atoms with Gasteiger partial charge in [-0.3, -0.25) is 4.90 Å². The minimum Gasteiger partial charge on any atom is -0.423 e. The van der Waals surface area contributed by atoms with Gasteiger partial charge in [-0.1, -0.05) is 29.8 Å². The molecule has 3 aromatic rings. The molecule has 2 aromatic carbocycles. The normalized spacial score (nSPS) is 11.4. The summed E-state index contributed by atoms with van der Waals surface area (Å²) in [5.74, 6) is -0.331. The molecule has 0 saturated carbocycles. The average Bonchev–Trinajstić information content (AvgIpc) is 2.50. The van der Waals surface area contributed by atoms with Crippen LogP contribution in [0, 0.1) is 12.7 Å². The van der Waals surface area contributed by atoms with Gasteiger partial charge in [-0.05, 0) is 43.3 Å². The molecule has 3 rings (SSSR count). The number of nitrogens with zero attached hydrogens (tertiary/aromatic N) is 1. The minimum absolute atomic E-state index is 0.331. The van der Waals surface area contributed by atoms with Crippen molar-refractivity contribution < 1.29 is 8.81 Å². The highest BCUT2D eigenvalue weighted by molar-refractivity contribution is 6.31. The zero-order chi connectivity index (χ0) is 17.3. The summed E-state index contributed by atoms with van der Waals surface area (Å²) in [6.07, 6.45) is 0. The fourth-order valence-corrected chi connectivity index (χ4v) is 2.99. The Hall–Kier alpha value is -2.17. The van der Waals surface area contributed by atoms with E-state index in [1.165, 1.54) is 12.1 Å². The lowest BCUT2D eigenvalue weighted by molar-refractivity contribution is 0.314. The molecule has 1 heterocycles. The van der Waals surface area contributed by atoms with Gasteiger partial charge in [0, 0.05) is 35.1 Å². The number of hydrogen-bond donors (Lipinski definition) is 0. The predicted molar refractivity (Wildman–Crippen MR) is 93.8 cm³/mol. The van der Waals surface area contributed by atoms with E-state index in [1.807, 2.05) is 37.1 Å². The molecule has 0 saturated heterocycles. The van der Waals surface area contributed by atoms with Crippen molar-refractivity contribution in [1.82, 2.24) is 4.90 Å². The maximum absolute atomic E-state index is 13.9. The fraction of sp³-hybridized carbons (Fsp3) is 0.211. The first-order valence-electron chi connectivity index (χ1n) is 7.59. The van der Waals surface area contributed by atoms with Gasteiger partial charge < -0.3 is 4.42 Å². The van der Waals surface area contributed by atoms with Crippen LogP contribution < -0.4 is 5.63 Å². The smallest absolute Gasteiger partial charge is 0.336 e. The summed E-state index contributed by atoms with van der Waals surface area (Å²) in [6, 6.07) is 11.9. The largest absolute Gasteiger partial charge is 0.423 e. The molecule has 1 aromatic heterocycles. The molecule has 0 N–H and O–H groups in total. The van der Waals surface area contributed by atoms with E-state index in [9.17, 15) is 9.18 Å². The zero-order valence-electron chi connectivity index (χ0n) is 13.5. The minimum atomic E-state index is -0.388. The summed E-state index contributed by atoms with van der Waals surface area (Å²) in [4.78, 5) is 13.7. The lowest BCUT2D eigenvalue weighted by Crippen LogP contribution is -2.19. The molecule has 0 atom stereocenters. The van der Waals surface area contributed by atoms with Gasteiger partial charge in [-0.2, -0.15) is 0 Å². The maximum Gasteiger partial charge on any atom is 0.336 e. The molecule has 0 bridgehead atoms. The monoisotopic (exact) mass is 345 g/mol. The van der Waals surface area contributed by atoms with Crippen molar-refractivity contribution in [3.05, 3.63) is 80.4 Å². The van der Waals surface area contributed by atoms with Crippen molar-refractivity contribution in [2.24, 2.45) is 0 Å². The molecule has 124 valence electrons. The molecule has 0 spiro atoms. The van der Waals surface area contributed by atoms with E-state index in [0.29, 0.717) is 29.3 Å². The number of aryl methyl sites for hydroxylation is 1. The fourth-order valence-electron chi connectivity index (χ4n) is 2.77. The lowest BCUT2D eigenvalue weighted by atomic mass is 10.1. The number of benzene rings is 2. The highest BCUT2D eigenvalue weighted by Gasteiger charge is 2.12. The molecule has 3 nitrogen and oxygen atoms in total. The summed E-state index contributed by atoms with van der Waals surface area (Å²) < 4.78 is 19.2. The number of fused-ring (bicyclic) bond motifs is 1. The molecule has 24 heavy (non-hydrogen) atoms. The van der Waals surface area contributed by atoms with Crippen LogP contribution in [0.4, 0.5) is 4.39 Å². The molecule has 5 heteroatoms. The van der Waals surface area contributed by atoms with Crippen LogP contribution >= 0.6 is 11.6 Å². The standard InChI is InChI=1S/C19H17ClFNO2/c1-12-6-7-14-13(9-19(23)24-18(14)8-12)10-22(2)11-15-16(20)4-3-5-17(15)21/h3-9H,10-11H2,1-2H3. The molecule has 0 aliphatic rings. The molecule has 0 amide bonds. The van der Waals surface area contributed by atoms with Crippen molar-refractivity contribution in [3.63, 3.8) is 0 Å². The van der Waals surface area contributed by atoms with Crippen molar-refractivity contribution in [2.45, 2.75) is 20.0 Å². The summed E-state index contributed by atoms with van der Waals surface area (Å²) in [6.45, 7) is 2.77. The lowest BCUT2D eigenvalue weighted by Gasteiger charge is -2.18. The molecule has 0 unspecified atom stereocenters. The zero-order valence-corrected chi connectivity index (χ0v) is 14.2. The van der Waals surface area contributed by atoms with Crippen LogP contribution in [0.15, 0.2) is 51.7 Å². The Labute approximate surface area is 144 Å². The van der Waals surface area contributed by atoms with Crippen molar-refractivity contribution in [1.29, 1.82) is 0 Å². The second kappa shape index (κ2) is 6.75. The Balaban J connectivity index is 1.91. The van der Waals surface area contributed by atoms with E-state index in [-0.39, 0.29) is 11.4 Å². The van der Waals surface area contributed by atoms with E-state index in [1.54, 1.807) is 12.1 Å². The second-order valence-corrected chi connectivity index (χ2v) is 6.37. The van der Waals surface area contributed by atoms with E-state index in [0.717, 1.165) is 16.5 Å². The molecule has 0 aliphatic heterocycles. The second-order valence-electron chi connectivity index (χ2n) is 5.96. The van der Waals surface area contributed by atoms with Gasteiger partial charge in [0.1, 0.15) is 11.4 Å². The van der Waals surface area contributed by atoms with Crippen LogP contribution in [0.2, 0.25) is 5.02 Å². The van der Waals surface area contributed by atoms with Gasteiger partial charge in [0.15, 0.2) is 0 Å². The predicted octanol–water partition coefficient (Wildman–Crippen LogP) is 4.53. The average molecular weight is 346 g/mol. The molecule has 0 fully saturated rings. The number of hydrogen-bond acceptors (Lipinski definition) is 3. The van der Waals surface area contributed by atoms with Gasteiger partial charge in [0.05, 0.1) is 0 Å². The highest BCUT2D eigenvalue weighted by atomic mass is 35.5. The van der Waals surface area contributed by atoms with Crippen LogP contribution in [-0.4, -0.2) is 11.9 Å². The van der Waals surface area contributed by atoms with Crippen LogP contribution in [0.1, 0.15) is 16.7 Å². The third-order valence-corrected chi connectivity index (χ3v) is 4.27. The van der Waals surface area contributed by atoms with Gasteiger partial charge in [-0.25, -0.2) is 9.18 Å². The van der Waals surface area contributed by atoms with E-state index in [2.05, 4.69) is 0 Å². The van der Waals surface area contributed by atoms with Gasteiger partial charge in [-0.15, -0.1) is 0 Å². The topological polar surface area (TPSA) is 33.5 Å². The third-order valence-electron chi connectivity index (χ3n) is 3.92. The van der Waals surface area contributed by atoms with Crippen molar-refractivity contribution >= 4 is 22.6 Å². The van der Waals surface area contributed by atoms with E-state index < -0.39 is 0 Å². The first kappa shape index (κ1) is 16.7. The Kier molecular flexibility index (Phi) is 4.69. The van der Waals surface area contributed by atoms with E-state index >= 15 is 0 Å². The Morgan fingerprint density at radius 1 is 1.17 bits per heavy atom. The van der Waals surface area contributed by atoms with Crippen LogP contribution in [0.25, 0.3) is 11.0 Å². The van der Waals surface area contributed by atoms with Gasteiger partial charge >= 0.3 is 5.63 Å². The number of rotatable bonds is 4. The highest BCUT2D eigenvalue weighted by Crippen LogP contribution is 2.23. The Morgan fingerprint density at radius 3 is 2.71 bits per heavy atom. The first-order chi connectivity index (χ1) is 11.4. The van der Waals surface area contributed by atoms with Crippen molar-refractivity contribution in [2.75, 3.05) is 7.05 Å².